The van der Waals surface area contributed by atoms with Crippen LogP contribution in [0.3, 0.4) is 0 Å². The van der Waals surface area contributed by atoms with Gasteiger partial charge in [-0.2, -0.15) is 0 Å². The van der Waals surface area contributed by atoms with Gasteiger partial charge in [0.15, 0.2) is 4.77 Å². The monoisotopic (exact) mass is 221 g/mol. The highest BCUT2D eigenvalue weighted by Gasteiger charge is 2.26. The molecule has 0 unspecified atom stereocenters. The fourth-order valence-corrected chi connectivity index (χ4v) is 2.64. The molecule has 2 N–H and O–H groups in total. The molecule has 0 bridgehead atoms. The minimum atomic E-state index is 0.664. The third-order valence-electron chi connectivity index (χ3n) is 3.50. The Morgan fingerprint density at radius 1 is 1.33 bits per heavy atom. The summed E-state index contributed by atoms with van der Waals surface area (Å²) < 4.78 is 0.664. The van der Waals surface area contributed by atoms with Crippen LogP contribution in [0.5, 0.6) is 0 Å². The Labute approximate surface area is 94.3 Å². The number of hydrogen-bond acceptors (Lipinski definition) is 3. The predicted molar refractivity (Wildman–Crippen MR) is 61.4 cm³/mol. The van der Waals surface area contributed by atoms with E-state index in [0.29, 0.717) is 10.7 Å². The molecule has 1 aromatic heterocycles. The molecule has 4 heteroatoms. The maximum atomic E-state index is 5.19. The molecule has 0 atom stereocenters. The van der Waals surface area contributed by atoms with Gasteiger partial charge in [0, 0.05) is 36.7 Å². The zero-order valence-corrected chi connectivity index (χ0v) is 9.49. The number of aromatic amines is 1. The Balaban J connectivity index is 2.10. The number of H-pyrrole nitrogens is 1. The van der Waals surface area contributed by atoms with E-state index in [1.54, 1.807) is 0 Å². The van der Waals surface area contributed by atoms with Crippen molar-refractivity contribution in [2.24, 2.45) is 0 Å². The summed E-state index contributed by atoms with van der Waals surface area (Å²) in [5, 5.41) is 3.41. The van der Waals surface area contributed by atoms with E-state index < -0.39 is 0 Å². The normalized spacial score (nSPS) is 20.8. The molecule has 1 aliphatic carbocycles. The second kappa shape index (κ2) is 3.68. The highest BCUT2D eigenvalue weighted by molar-refractivity contribution is 7.71. The van der Waals surface area contributed by atoms with Gasteiger partial charge in [-0.05, 0) is 25.1 Å². The summed E-state index contributed by atoms with van der Waals surface area (Å²) in [6.45, 7) is 2.01. The first-order chi connectivity index (χ1) is 7.34. The summed E-state index contributed by atoms with van der Waals surface area (Å²) in [6.07, 6.45) is 4.98. The lowest BCUT2D eigenvalue weighted by Crippen LogP contribution is -2.28. The van der Waals surface area contributed by atoms with Crippen LogP contribution in [0.25, 0.3) is 0 Å². The van der Waals surface area contributed by atoms with Crippen molar-refractivity contribution in [3.05, 3.63) is 21.7 Å². The molecule has 15 heavy (non-hydrogen) atoms. The van der Waals surface area contributed by atoms with Gasteiger partial charge in [-0.1, -0.05) is 6.42 Å². The fourth-order valence-electron chi connectivity index (χ4n) is 2.42. The second-order valence-corrected chi connectivity index (χ2v) is 4.83. The zero-order chi connectivity index (χ0) is 10.3. The van der Waals surface area contributed by atoms with Crippen molar-refractivity contribution in [3.63, 3.8) is 0 Å². The number of fused-ring (bicyclic) bond motifs is 1. The van der Waals surface area contributed by atoms with E-state index in [1.165, 1.54) is 36.2 Å². The first-order valence-corrected chi connectivity index (χ1v) is 6.08. The van der Waals surface area contributed by atoms with E-state index >= 15 is 0 Å². The lowest BCUT2D eigenvalue weighted by molar-refractivity contribution is 0.403. The number of nitrogens with one attached hydrogen (secondary N) is 2. The smallest absolute Gasteiger partial charge is 0.197 e. The van der Waals surface area contributed by atoms with Gasteiger partial charge in [0.25, 0.3) is 0 Å². The van der Waals surface area contributed by atoms with Crippen molar-refractivity contribution in [3.8, 4) is 0 Å². The number of rotatable bonds is 1. The predicted octanol–water partition coefficient (Wildman–Crippen LogP) is 2.05. The lowest BCUT2D eigenvalue weighted by Gasteiger charge is -2.29. The van der Waals surface area contributed by atoms with Crippen molar-refractivity contribution >= 4 is 12.2 Å². The van der Waals surface area contributed by atoms with Crippen LogP contribution in [0.1, 0.15) is 42.1 Å². The van der Waals surface area contributed by atoms with Gasteiger partial charge in [0.1, 0.15) is 0 Å². The summed E-state index contributed by atoms with van der Waals surface area (Å²) >= 11 is 5.19. The SMILES string of the molecule is S=c1nc(C2CCC2)c2c([nH]1)CCNC2. The summed E-state index contributed by atoms with van der Waals surface area (Å²) in [4.78, 5) is 7.76. The minimum Gasteiger partial charge on any atom is -0.334 e. The van der Waals surface area contributed by atoms with Gasteiger partial charge in [0.05, 0.1) is 5.69 Å². The van der Waals surface area contributed by atoms with Crippen LogP contribution in [0.2, 0.25) is 0 Å². The van der Waals surface area contributed by atoms with Crippen molar-refractivity contribution in [1.29, 1.82) is 0 Å². The van der Waals surface area contributed by atoms with Crippen molar-refractivity contribution in [2.45, 2.75) is 38.1 Å². The number of nitrogens with zero attached hydrogens (tertiary/aromatic N) is 1. The standard InChI is InChI=1S/C11H15N3S/c15-11-13-9-4-5-12-6-8(9)10(14-11)7-2-1-3-7/h7,12H,1-6H2,(H,13,14,15). The van der Waals surface area contributed by atoms with Crippen LogP contribution in [-0.2, 0) is 13.0 Å². The van der Waals surface area contributed by atoms with E-state index in [-0.39, 0.29) is 0 Å². The summed E-state index contributed by atoms with van der Waals surface area (Å²) in [5.41, 5.74) is 3.97. The van der Waals surface area contributed by atoms with E-state index in [2.05, 4.69) is 15.3 Å². The van der Waals surface area contributed by atoms with Crippen LogP contribution in [0.15, 0.2) is 0 Å². The Bertz CT molecular complexity index is 434. The molecule has 80 valence electrons. The molecule has 2 heterocycles. The van der Waals surface area contributed by atoms with Crippen LogP contribution >= 0.6 is 12.2 Å². The number of hydrogen-bond donors (Lipinski definition) is 2. The van der Waals surface area contributed by atoms with Crippen LogP contribution < -0.4 is 5.32 Å². The lowest BCUT2D eigenvalue weighted by atomic mass is 9.80. The zero-order valence-electron chi connectivity index (χ0n) is 8.68. The Morgan fingerprint density at radius 2 is 2.20 bits per heavy atom. The van der Waals surface area contributed by atoms with E-state index in [9.17, 15) is 0 Å². The molecule has 1 aromatic rings. The molecular formula is C11H15N3S. The highest BCUT2D eigenvalue weighted by atomic mass is 32.1. The summed E-state index contributed by atoms with van der Waals surface area (Å²) in [7, 11) is 0. The topological polar surface area (TPSA) is 40.7 Å². The van der Waals surface area contributed by atoms with Crippen molar-refractivity contribution in [2.75, 3.05) is 6.54 Å². The van der Waals surface area contributed by atoms with Gasteiger partial charge in [-0.3, -0.25) is 0 Å². The maximum absolute atomic E-state index is 5.19. The molecule has 0 saturated heterocycles. The molecule has 1 aliphatic heterocycles. The molecule has 1 fully saturated rings. The molecule has 0 spiro atoms. The first kappa shape index (κ1) is 9.48. The second-order valence-electron chi connectivity index (χ2n) is 4.44. The van der Waals surface area contributed by atoms with Gasteiger partial charge < -0.3 is 10.3 Å². The molecule has 0 amide bonds. The van der Waals surface area contributed by atoms with Crippen molar-refractivity contribution < 1.29 is 0 Å². The molecule has 2 aliphatic rings. The quantitative estimate of drug-likeness (QED) is 0.713. The number of aromatic nitrogens is 2. The van der Waals surface area contributed by atoms with E-state index in [0.717, 1.165) is 19.5 Å². The van der Waals surface area contributed by atoms with E-state index in [4.69, 9.17) is 12.2 Å². The Kier molecular flexibility index (Phi) is 2.33. The molecule has 3 rings (SSSR count). The minimum absolute atomic E-state index is 0.664. The third kappa shape index (κ3) is 1.62. The first-order valence-electron chi connectivity index (χ1n) is 5.67. The molecule has 0 aromatic carbocycles. The maximum Gasteiger partial charge on any atom is 0.197 e. The average molecular weight is 221 g/mol. The summed E-state index contributed by atoms with van der Waals surface area (Å²) in [6, 6.07) is 0. The largest absolute Gasteiger partial charge is 0.334 e. The third-order valence-corrected chi connectivity index (χ3v) is 3.69. The van der Waals surface area contributed by atoms with Crippen LogP contribution in [0, 0.1) is 4.77 Å². The Morgan fingerprint density at radius 3 is 2.93 bits per heavy atom. The van der Waals surface area contributed by atoms with Gasteiger partial charge in [0.2, 0.25) is 0 Å². The Hall–Kier alpha value is -0.740. The van der Waals surface area contributed by atoms with Crippen molar-refractivity contribution in [1.82, 2.24) is 15.3 Å². The van der Waals surface area contributed by atoms with Crippen LogP contribution in [-0.4, -0.2) is 16.5 Å². The molecule has 3 nitrogen and oxygen atoms in total. The molecular weight excluding hydrogens is 206 g/mol. The molecule has 1 saturated carbocycles. The van der Waals surface area contributed by atoms with E-state index in [1.807, 2.05) is 0 Å². The molecule has 0 radical (unpaired) electrons. The fraction of sp³-hybridized carbons (Fsp3) is 0.636. The highest BCUT2D eigenvalue weighted by Crippen LogP contribution is 2.37. The van der Waals surface area contributed by atoms with Gasteiger partial charge in [-0.15, -0.1) is 0 Å². The van der Waals surface area contributed by atoms with Gasteiger partial charge >= 0.3 is 0 Å². The van der Waals surface area contributed by atoms with Gasteiger partial charge in [-0.25, -0.2) is 4.98 Å². The summed E-state index contributed by atoms with van der Waals surface area (Å²) in [5.74, 6) is 0.676. The van der Waals surface area contributed by atoms with Crippen LogP contribution in [0.4, 0.5) is 0 Å². The average Bonchev–Trinajstić information content (AvgIpc) is 2.14.